The van der Waals surface area contributed by atoms with E-state index in [0.29, 0.717) is 18.9 Å². The van der Waals surface area contributed by atoms with Crippen molar-refractivity contribution < 1.29 is 9.18 Å². The highest BCUT2D eigenvalue weighted by Crippen LogP contribution is 2.14. The number of rotatable bonds is 6. The summed E-state index contributed by atoms with van der Waals surface area (Å²) in [5.74, 6) is -0.227. The molecule has 3 rings (SSSR count). The van der Waals surface area contributed by atoms with Crippen LogP contribution in [-0.2, 0) is 17.8 Å². The van der Waals surface area contributed by atoms with Crippen LogP contribution < -0.4 is 10.9 Å². The molecule has 0 aliphatic rings. The monoisotopic (exact) mass is 367 g/mol. The van der Waals surface area contributed by atoms with E-state index >= 15 is 0 Å². The van der Waals surface area contributed by atoms with E-state index in [9.17, 15) is 14.0 Å². The summed E-state index contributed by atoms with van der Waals surface area (Å²) in [6.45, 7) is 4.66. The minimum Gasteiger partial charge on any atom is -0.354 e. The second kappa shape index (κ2) is 8.12. The van der Waals surface area contributed by atoms with E-state index in [1.165, 1.54) is 34.7 Å². The summed E-state index contributed by atoms with van der Waals surface area (Å²) in [5.41, 5.74) is 2.35. The van der Waals surface area contributed by atoms with Gasteiger partial charge in [-0.3, -0.25) is 14.2 Å². The van der Waals surface area contributed by atoms with Crippen molar-refractivity contribution in [1.29, 1.82) is 0 Å². The Morgan fingerprint density at radius 1 is 1.19 bits per heavy atom. The third-order valence-corrected chi connectivity index (χ3v) is 4.48. The Kier molecular flexibility index (Phi) is 5.64. The Hall–Kier alpha value is -3.02. The van der Waals surface area contributed by atoms with Crippen molar-refractivity contribution >= 4 is 16.8 Å². The number of benzene rings is 2. The molecule has 2 aromatic carbocycles. The number of halogens is 1. The van der Waals surface area contributed by atoms with Crippen LogP contribution in [0, 0.1) is 5.82 Å². The van der Waals surface area contributed by atoms with Crippen LogP contribution in [0.3, 0.4) is 0 Å². The van der Waals surface area contributed by atoms with Crippen LogP contribution in [0.4, 0.5) is 4.39 Å². The molecule has 0 saturated heterocycles. The average molecular weight is 367 g/mol. The molecule has 1 N–H and O–H groups in total. The van der Waals surface area contributed by atoms with E-state index in [1.54, 1.807) is 0 Å². The molecule has 0 bridgehead atoms. The van der Waals surface area contributed by atoms with Gasteiger partial charge in [-0.25, -0.2) is 9.37 Å². The zero-order valence-electron chi connectivity index (χ0n) is 15.4. The van der Waals surface area contributed by atoms with Crippen molar-refractivity contribution in [2.24, 2.45) is 0 Å². The van der Waals surface area contributed by atoms with Crippen LogP contribution in [-0.4, -0.2) is 22.0 Å². The molecular weight excluding hydrogens is 345 g/mol. The second-order valence-corrected chi connectivity index (χ2v) is 6.84. The van der Waals surface area contributed by atoms with E-state index in [4.69, 9.17) is 0 Å². The van der Waals surface area contributed by atoms with E-state index in [2.05, 4.69) is 48.4 Å². The number of nitrogens with zero attached hydrogens (tertiary/aromatic N) is 2. The highest BCUT2D eigenvalue weighted by atomic mass is 19.1. The van der Waals surface area contributed by atoms with Crippen molar-refractivity contribution in [3.63, 3.8) is 0 Å². The Morgan fingerprint density at radius 3 is 2.63 bits per heavy atom. The van der Waals surface area contributed by atoms with Gasteiger partial charge >= 0.3 is 0 Å². The van der Waals surface area contributed by atoms with Gasteiger partial charge in [0.2, 0.25) is 5.91 Å². The van der Waals surface area contributed by atoms with Crippen LogP contribution in [0.5, 0.6) is 0 Å². The summed E-state index contributed by atoms with van der Waals surface area (Å²) >= 11 is 0. The topological polar surface area (TPSA) is 64.0 Å². The molecule has 6 heteroatoms. The third-order valence-electron chi connectivity index (χ3n) is 4.48. The van der Waals surface area contributed by atoms with Gasteiger partial charge in [-0.15, -0.1) is 0 Å². The molecule has 5 nitrogen and oxygen atoms in total. The molecule has 0 spiro atoms. The van der Waals surface area contributed by atoms with Crippen LogP contribution in [0.2, 0.25) is 0 Å². The van der Waals surface area contributed by atoms with E-state index in [0.717, 1.165) is 5.56 Å². The predicted molar refractivity (Wildman–Crippen MR) is 103 cm³/mol. The summed E-state index contributed by atoms with van der Waals surface area (Å²) < 4.78 is 14.4. The number of nitrogens with one attached hydrogen (secondary N) is 1. The maximum Gasteiger partial charge on any atom is 0.261 e. The summed E-state index contributed by atoms with van der Waals surface area (Å²) in [7, 11) is 0. The van der Waals surface area contributed by atoms with Crippen molar-refractivity contribution in [1.82, 2.24) is 14.9 Å². The number of aromatic nitrogens is 2. The van der Waals surface area contributed by atoms with Gasteiger partial charge in [0.25, 0.3) is 5.56 Å². The Balaban J connectivity index is 1.58. The van der Waals surface area contributed by atoms with E-state index in [-0.39, 0.29) is 28.9 Å². The molecule has 0 unspecified atom stereocenters. The minimum absolute atomic E-state index is 0.120. The Labute approximate surface area is 156 Å². The van der Waals surface area contributed by atoms with Crippen molar-refractivity contribution in [3.8, 4) is 0 Å². The number of carbonyl (C=O) groups is 1. The molecule has 0 aliphatic carbocycles. The molecule has 0 radical (unpaired) electrons. The molecule has 1 heterocycles. The zero-order valence-corrected chi connectivity index (χ0v) is 15.4. The minimum atomic E-state index is -0.452. The molecule has 0 fully saturated rings. The fourth-order valence-corrected chi connectivity index (χ4v) is 2.87. The van der Waals surface area contributed by atoms with Crippen molar-refractivity contribution in [3.05, 3.63) is 76.1 Å². The highest BCUT2D eigenvalue weighted by molar-refractivity contribution is 5.79. The SMILES string of the molecule is CC(C)c1ccc(CCNC(=O)Cn2cnc3cc(F)ccc3c2=O)cc1. The molecule has 0 aliphatic heterocycles. The second-order valence-electron chi connectivity index (χ2n) is 6.84. The molecule has 0 saturated carbocycles. The maximum atomic E-state index is 13.2. The molecular formula is C21H22FN3O2. The first-order valence-corrected chi connectivity index (χ1v) is 8.94. The number of fused-ring (bicyclic) bond motifs is 1. The van der Waals surface area contributed by atoms with Gasteiger partial charge in [-0.2, -0.15) is 0 Å². The standard InChI is InChI=1S/C21H22FN3O2/c1-14(2)16-5-3-15(4-6-16)9-10-23-20(26)12-25-13-24-19-11-17(22)7-8-18(19)21(25)27/h3-8,11,13-14H,9-10,12H2,1-2H3,(H,23,26). The van der Waals surface area contributed by atoms with Gasteiger partial charge in [0.15, 0.2) is 0 Å². The lowest BCUT2D eigenvalue weighted by molar-refractivity contribution is -0.121. The first kappa shape index (κ1) is 18.8. The van der Waals surface area contributed by atoms with Gasteiger partial charge in [0.05, 0.1) is 17.2 Å². The lowest BCUT2D eigenvalue weighted by Gasteiger charge is -2.09. The molecule has 0 atom stereocenters. The zero-order chi connectivity index (χ0) is 19.4. The van der Waals surface area contributed by atoms with Crippen LogP contribution >= 0.6 is 0 Å². The third kappa shape index (κ3) is 4.58. The quantitative estimate of drug-likeness (QED) is 0.728. The molecule has 3 aromatic rings. The first-order chi connectivity index (χ1) is 12.9. The van der Waals surface area contributed by atoms with E-state index in [1.807, 2.05) is 0 Å². The smallest absolute Gasteiger partial charge is 0.261 e. The Morgan fingerprint density at radius 2 is 1.93 bits per heavy atom. The molecule has 140 valence electrons. The van der Waals surface area contributed by atoms with E-state index < -0.39 is 5.82 Å². The van der Waals surface area contributed by atoms with Crippen LogP contribution in [0.25, 0.3) is 10.9 Å². The van der Waals surface area contributed by atoms with Gasteiger partial charge < -0.3 is 5.32 Å². The number of hydrogen-bond donors (Lipinski definition) is 1. The number of hydrogen-bond acceptors (Lipinski definition) is 3. The van der Waals surface area contributed by atoms with Gasteiger partial charge in [-0.1, -0.05) is 38.1 Å². The summed E-state index contributed by atoms with van der Waals surface area (Å²) in [6, 6.07) is 12.1. The number of carbonyl (C=O) groups excluding carboxylic acids is 1. The summed E-state index contributed by atoms with van der Waals surface area (Å²) in [6.07, 6.45) is 1.99. The number of amides is 1. The van der Waals surface area contributed by atoms with Crippen molar-refractivity contribution in [2.75, 3.05) is 6.54 Å². The fourth-order valence-electron chi connectivity index (χ4n) is 2.87. The first-order valence-electron chi connectivity index (χ1n) is 8.94. The lowest BCUT2D eigenvalue weighted by atomic mass is 10.0. The van der Waals surface area contributed by atoms with Gasteiger partial charge in [-0.05, 0) is 35.6 Å². The Bertz CT molecular complexity index is 1010. The summed E-state index contributed by atoms with van der Waals surface area (Å²) in [4.78, 5) is 28.6. The highest BCUT2D eigenvalue weighted by Gasteiger charge is 2.09. The molecule has 27 heavy (non-hydrogen) atoms. The van der Waals surface area contributed by atoms with Crippen LogP contribution in [0.1, 0.15) is 30.9 Å². The van der Waals surface area contributed by atoms with Crippen LogP contribution in [0.15, 0.2) is 53.6 Å². The predicted octanol–water partition coefficient (Wildman–Crippen LogP) is 3.02. The molecule has 1 amide bonds. The maximum absolute atomic E-state index is 13.2. The average Bonchev–Trinajstić information content (AvgIpc) is 2.64. The normalized spacial score (nSPS) is 11.1. The fraction of sp³-hybridized carbons (Fsp3) is 0.286. The largest absolute Gasteiger partial charge is 0.354 e. The summed E-state index contributed by atoms with van der Waals surface area (Å²) in [5, 5.41) is 3.10. The van der Waals surface area contributed by atoms with Gasteiger partial charge in [0, 0.05) is 12.6 Å². The molecule has 1 aromatic heterocycles. The lowest BCUT2D eigenvalue weighted by Crippen LogP contribution is -2.33. The van der Waals surface area contributed by atoms with Gasteiger partial charge in [0.1, 0.15) is 12.4 Å². The van der Waals surface area contributed by atoms with Crippen molar-refractivity contribution in [2.45, 2.75) is 32.7 Å².